The summed E-state index contributed by atoms with van der Waals surface area (Å²) >= 11 is 13.4. The summed E-state index contributed by atoms with van der Waals surface area (Å²) < 4.78 is 16.9. The zero-order chi connectivity index (χ0) is 37.6. The Balaban J connectivity index is 1.08. The highest BCUT2D eigenvalue weighted by Crippen LogP contribution is 2.45. The number of ether oxygens (including phenoxy) is 3. The Morgan fingerprint density at radius 1 is 0.722 bits per heavy atom. The summed E-state index contributed by atoms with van der Waals surface area (Å²) in [6.45, 7) is 5.80. The predicted octanol–water partition coefficient (Wildman–Crippen LogP) is 11.0. The number of rotatable bonds is 14. The molecule has 0 N–H and O–H groups in total. The molecule has 1 aliphatic carbocycles. The van der Waals surface area contributed by atoms with Gasteiger partial charge in [0.15, 0.2) is 0 Å². The molecule has 0 unspecified atom stereocenters. The van der Waals surface area contributed by atoms with Crippen LogP contribution in [0, 0.1) is 0 Å². The number of nitrogens with zero attached hydrogens (tertiary/aromatic N) is 4. The maximum Gasteiger partial charge on any atom is 0.138 e. The zero-order valence-electron chi connectivity index (χ0n) is 31.8. The van der Waals surface area contributed by atoms with E-state index in [1.807, 2.05) is 24.5 Å². The molecule has 1 saturated carbocycles. The Morgan fingerprint density at radius 3 is 1.96 bits per heavy atom. The zero-order valence-corrected chi connectivity index (χ0v) is 33.3. The second-order valence-electron chi connectivity index (χ2n) is 14.5. The molecule has 0 atom stereocenters. The Kier molecular flexibility index (Phi) is 12.3. The number of halogens is 2. The molecule has 1 aliphatic heterocycles. The van der Waals surface area contributed by atoms with Crippen LogP contribution in [-0.2, 0) is 19.5 Å². The van der Waals surface area contributed by atoms with Crippen LogP contribution in [0.3, 0.4) is 0 Å². The van der Waals surface area contributed by atoms with Gasteiger partial charge in [0.05, 0.1) is 42.8 Å². The minimum Gasteiger partial charge on any atom is -0.497 e. The number of aromatic nitrogens is 2. The highest BCUT2D eigenvalue weighted by Gasteiger charge is 2.27. The molecule has 7 rings (SSSR count). The van der Waals surface area contributed by atoms with Gasteiger partial charge < -0.3 is 19.1 Å². The van der Waals surface area contributed by atoms with Crippen LogP contribution in [0.4, 0.5) is 5.69 Å². The first-order valence-corrected chi connectivity index (χ1v) is 19.9. The van der Waals surface area contributed by atoms with Crippen LogP contribution in [-0.4, -0.2) is 55.3 Å². The van der Waals surface area contributed by atoms with Crippen molar-refractivity contribution in [2.24, 2.45) is 0 Å². The predicted molar refractivity (Wildman–Crippen MR) is 221 cm³/mol. The standard InChI is InChI=1S/C45H50Cl2N4O3/c1-5-7-33-24-34(26-42(53-3)44(33)46)40-22-30(14-18-48-40)28-50-20-16-37(17-21-50)51(36-10-12-38(52-2)13-11-36)29-31-15-19-49-41(23-31)35-25-39(32-8-6-9-32)45(47)43(27-35)54-4/h10-15,18-19,22-27,32,37H,5-9,16-17,20-21,28-29H2,1-4H3. The third-order valence-electron chi connectivity index (χ3n) is 11.1. The molecular formula is C45H50Cl2N4O3. The number of benzene rings is 3. The van der Waals surface area contributed by atoms with Gasteiger partial charge in [-0.3, -0.25) is 14.9 Å². The number of piperidine rings is 1. The first-order valence-electron chi connectivity index (χ1n) is 19.1. The number of aryl methyl sites for hydroxylation is 1. The molecule has 282 valence electrons. The fourth-order valence-electron chi connectivity index (χ4n) is 7.85. The van der Waals surface area contributed by atoms with E-state index in [1.165, 1.54) is 28.8 Å². The lowest BCUT2D eigenvalue weighted by molar-refractivity contribution is 0.201. The van der Waals surface area contributed by atoms with E-state index >= 15 is 0 Å². The lowest BCUT2D eigenvalue weighted by atomic mass is 9.79. The van der Waals surface area contributed by atoms with Crippen LogP contribution in [0.1, 0.15) is 73.6 Å². The second kappa shape index (κ2) is 17.4. The van der Waals surface area contributed by atoms with E-state index < -0.39 is 0 Å². The molecule has 9 heteroatoms. The molecule has 1 saturated heterocycles. The SMILES string of the molecule is CCCc1cc(-c2cc(CN3CCC(N(Cc4ccnc(-c5cc(OC)c(Cl)c(C6CCC6)c5)c4)c4ccc(OC)cc4)CC3)ccn2)cc(OC)c1Cl. The van der Waals surface area contributed by atoms with Crippen molar-refractivity contribution in [2.45, 2.75) is 76.9 Å². The van der Waals surface area contributed by atoms with E-state index in [2.05, 4.69) is 77.4 Å². The number of pyridine rings is 2. The molecule has 2 aromatic heterocycles. The summed E-state index contributed by atoms with van der Waals surface area (Å²) in [4.78, 5) is 14.7. The van der Waals surface area contributed by atoms with Crippen molar-refractivity contribution in [3.63, 3.8) is 0 Å². The van der Waals surface area contributed by atoms with E-state index in [0.29, 0.717) is 28.5 Å². The molecule has 2 aliphatic rings. The fraction of sp³-hybridized carbons (Fsp3) is 0.378. The van der Waals surface area contributed by atoms with Gasteiger partial charge in [0.1, 0.15) is 17.2 Å². The summed E-state index contributed by atoms with van der Waals surface area (Å²) in [5, 5.41) is 1.42. The Bertz CT molecular complexity index is 2040. The Hall–Kier alpha value is -4.30. The largest absolute Gasteiger partial charge is 0.497 e. The number of likely N-dealkylation sites (tertiary alicyclic amines) is 1. The lowest BCUT2D eigenvalue weighted by Gasteiger charge is -2.40. The van der Waals surface area contributed by atoms with Gasteiger partial charge >= 0.3 is 0 Å². The third-order valence-corrected chi connectivity index (χ3v) is 11.9. The average molecular weight is 766 g/mol. The van der Waals surface area contributed by atoms with E-state index in [1.54, 1.807) is 21.3 Å². The molecule has 0 amide bonds. The molecular weight excluding hydrogens is 715 g/mol. The van der Waals surface area contributed by atoms with Gasteiger partial charge in [-0.15, -0.1) is 0 Å². The third kappa shape index (κ3) is 8.49. The van der Waals surface area contributed by atoms with Gasteiger partial charge in [-0.1, -0.05) is 43.0 Å². The molecule has 0 spiro atoms. The van der Waals surface area contributed by atoms with Crippen LogP contribution in [0.5, 0.6) is 17.2 Å². The molecule has 7 nitrogen and oxygen atoms in total. The fourth-order valence-corrected chi connectivity index (χ4v) is 8.47. The van der Waals surface area contributed by atoms with Gasteiger partial charge in [-0.2, -0.15) is 0 Å². The highest BCUT2D eigenvalue weighted by atomic mass is 35.5. The second-order valence-corrected chi connectivity index (χ2v) is 15.3. The maximum atomic E-state index is 6.79. The minimum atomic E-state index is 0.374. The van der Waals surface area contributed by atoms with Gasteiger partial charge in [-0.25, -0.2) is 0 Å². The quantitative estimate of drug-likeness (QED) is 0.112. The van der Waals surface area contributed by atoms with Gasteiger partial charge in [-0.05, 0) is 133 Å². The van der Waals surface area contributed by atoms with Crippen molar-refractivity contribution in [1.29, 1.82) is 0 Å². The van der Waals surface area contributed by atoms with E-state index in [4.69, 9.17) is 47.4 Å². The molecule has 0 bridgehead atoms. The van der Waals surface area contributed by atoms with Crippen LogP contribution in [0.15, 0.2) is 85.2 Å². The van der Waals surface area contributed by atoms with Crippen molar-refractivity contribution in [3.8, 4) is 39.8 Å². The number of anilines is 1. The molecule has 54 heavy (non-hydrogen) atoms. The molecule has 3 aromatic carbocycles. The molecule has 5 aromatic rings. The van der Waals surface area contributed by atoms with E-state index in [9.17, 15) is 0 Å². The van der Waals surface area contributed by atoms with Crippen molar-refractivity contribution in [3.05, 3.63) is 117 Å². The Labute approximate surface area is 330 Å². The molecule has 2 fully saturated rings. The summed E-state index contributed by atoms with van der Waals surface area (Å²) in [7, 11) is 5.07. The van der Waals surface area contributed by atoms with Crippen molar-refractivity contribution in [1.82, 2.24) is 14.9 Å². The average Bonchev–Trinajstić information content (AvgIpc) is 3.18. The topological polar surface area (TPSA) is 60.0 Å². The Morgan fingerprint density at radius 2 is 1.35 bits per heavy atom. The monoisotopic (exact) mass is 764 g/mol. The number of methoxy groups -OCH3 is 3. The van der Waals surface area contributed by atoms with Gasteiger partial charge in [0, 0.05) is 61.4 Å². The van der Waals surface area contributed by atoms with Gasteiger partial charge in [0.25, 0.3) is 0 Å². The summed E-state index contributed by atoms with van der Waals surface area (Å²) in [6, 6.07) is 25.9. The molecule has 0 radical (unpaired) electrons. The lowest BCUT2D eigenvalue weighted by Crippen LogP contribution is -2.44. The maximum absolute atomic E-state index is 6.79. The van der Waals surface area contributed by atoms with Crippen molar-refractivity contribution >= 4 is 28.9 Å². The van der Waals surface area contributed by atoms with Crippen LogP contribution in [0.25, 0.3) is 22.5 Å². The first kappa shape index (κ1) is 38.0. The van der Waals surface area contributed by atoms with E-state index in [0.717, 1.165) is 104 Å². The summed E-state index contributed by atoms with van der Waals surface area (Å²) in [5.74, 6) is 2.75. The summed E-state index contributed by atoms with van der Waals surface area (Å²) in [5.41, 5.74) is 9.86. The van der Waals surface area contributed by atoms with E-state index in [-0.39, 0.29) is 0 Å². The van der Waals surface area contributed by atoms with Crippen molar-refractivity contribution in [2.75, 3.05) is 39.3 Å². The minimum absolute atomic E-state index is 0.374. The smallest absolute Gasteiger partial charge is 0.138 e. The van der Waals surface area contributed by atoms with Crippen LogP contribution >= 0.6 is 23.2 Å². The van der Waals surface area contributed by atoms with Gasteiger partial charge in [0.2, 0.25) is 0 Å². The van der Waals surface area contributed by atoms with Crippen molar-refractivity contribution < 1.29 is 14.2 Å². The molecule has 3 heterocycles. The first-order chi connectivity index (χ1) is 26.4. The number of hydrogen-bond donors (Lipinski definition) is 0. The highest BCUT2D eigenvalue weighted by molar-refractivity contribution is 6.33. The van der Waals surface area contributed by atoms with Crippen LogP contribution < -0.4 is 19.1 Å². The normalized spacial score (nSPS) is 15.1. The van der Waals surface area contributed by atoms with Crippen LogP contribution in [0.2, 0.25) is 10.0 Å². The summed E-state index contributed by atoms with van der Waals surface area (Å²) in [6.07, 6.45) is 11.4. The number of hydrogen-bond acceptors (Lipinski definition) is 7.